The lowest BCUT2D eigenvalue weighted by molar-refractivity contribution is -0.132. The molecule has 9 atom stereocenters. The standard InChI is InChI=1S/C21H37FN6O2/c1-27-7-3-4-18-19-14(8-12(22)9-16(19)26-28(18)2)15-5-6-23-21(25-15)30-13-10-17(20(27)29)24-11-13/h12-19,21,23-26H,3-11H2,1-2H3/t12?,13-,14?,15?,16?,17-,18?,19?,21?/m0/s1. The van der Waals surface area contributed by atoms with Crippen LogP contribution in [-0.4, -0.2) is 92.3 Å². The summed E-state index contributed by atoms with van der Waals surface area (Å²) < 4.78 is 21.0. The minimum absolute atomic E-state index is 0.00119. The summed E-state index contributed by atoms with van der Waals surface area (Å²) in [5.74, 6) is 0.862. The summed E-state index contributed by atoms with van der Waals surface area (Å²) in [5.41, 5.74) is 3.57. The Morgan fingerprint density at radius 1 is 1.10 bits per heavy atom. The molecule has 4 bridgehead atoms. The maximum absolute atomic E-state index is 14.7. The number of fused-ring (bicyclic) bond motifs is 5. The van der Waals surface area contributed by atoms with Gasteiger partial charge in [0.25, 0.3) is 0 Å². The van der Waals surface area contributed by atoms with E-state index in [1.807, 2.05) is 11.9 Å². The Morgan fingerprint density at radius 3 is 2.83 bits per heavy atom. The van der Waals surface area contributed by atoms with Crippen LogP contribution in [-0.2, 0) is 9.53 Å². The monoisotopic (exact) mass is 424 g/mol. The summed E-state index contributed by atoms with van der Waals surface area (Å²) >= 11 is 0. The molecular formula is C21H37FN6O2. The number of halogens is 1. The zero-order valence-corrected chi connectivity index (χ0v) is 18.1. The number of alkyl halides is 1. The van der Waals surface area contributed by atoms with Crippen molar-refractivity contribution in [3.05, 3.63) is 0 Å². The van der Waals surface area contributed by atoms with Crippen LogP contribution in [0.15, 0.2) is 0 Å². The van der Waals surface area contributed by atoms with Gasteiger partial charge in [-0.1, -0.05) is 0 Å². The normalized spacial score (nSPS) is 48.2. The second-order valence-corrected chi connectivity index (χ2v) is 9.98. The second-order valence-electron chi connectivity index (χ2n) is 9.98. The molecule has 0 aromatic heterocycles. The van der Waals surface area contributed by atoms with Crippen LogP contribution < -0.4 is 21.4 Å². The molecule has 8 nitrogen and oxygen atoms in total. The van der Waals surface area contributed by atoms with Gasteiger partial charge in [-0.2, -0.15) is 0 Å². The third kappa shape index (κ3) is 4.00. The lowest BCUT2D eigenvalue weighted by Gasteiger charge is -2.45. The molecule has 0 radical (unpaired) electrons. The van der Waals surface area contributed by atoms with Gasteiger partial charge in [0.1, 0.15) is 6.17 Å². The van der Waals surface area contributed by atoms with E-state index in [9.17, 15) is 9.18 Å². The number of hydrogen-bond acceptors (Lipinski definition) is 7. The topological polar surface area (TPSA) is 80.9 Å². The van der Waals surface area contributed by atoms with Crippen molar-refractivity contribution >= 4 is 5.91 Å². The maximum atomic E-state index is 14.7. The molecule has 1 amide bonds. The van der Waals surface area contributed by atoms with E-state index in [2.05, 4.69) is 33.4 Å². The molecule has 1 aliphatic carbocycles. The van der Waals surface area contributed by atoms with Crippen LogP contribution in [0.5, 0.6) is 0 Å². The number of rotatable bonds is 0. The molecule has 5 rings (SSSR count). The maximum Gasteiger partial charge on any atom is 0.239 e. The Hall–Kier alpha value is -0.840. The van der Waals surface area contributed by atoms with Crippen molar-refractivity contribution in [2.75, 3.05) is 33.7 Å². The van der Waals surface area contributed by atoms with Gasteiger partial charge in [0.15, 0.2) is 6.35 Å². The number of amides is 1. The van der Waals surface area contributed by atoms with Crippen molar-refractivity contribution in [1.29, 1.82) is 0 Å². The number of ether oxygens (including phenoxy) is 1. The van der Waals surface area contributed by atoms with Crippen LogP contribution in [0.1, 0.15) is 38.5 Å². The lowest BCUT2D eigenvalue weighted by atomic mass is 9.68. The van der Waals surface area contributed by atoms with Gasteiger partial charge in [-0.25, -0.2) is 9.40 Å². The highest BCUT2D eigenvalue weighted by atomic mass is 19.1. The SMILES string of the molecule is CN1CCCC2C3C(CC(F)CC3C3CCNC(N3)O[C@@H]3CN[C@@H](C3)C1=O)NN2C. The smallest absolute Gasteiger partial charge is 0.239 e. The zero-order valence-electron chi connectivity index (χ0n) is 18.1. The predicted octanol–water partition coefficient (Wildman–Crippen LogP) is -0.228. The predicted molar refractivity (Wildman–Crippen MR) is 111 cm³/mol. The van der Waals surface area contributed by atoms with Crippen molar-refractivity contribution in [3.63, 3.8) is 0 Å². The van der Waals surface area contributed by atoms with Crippen molar-refractivity contribution in [1.82, 2.24) is 31.3 Å². The average molecular weight is 425 g/mol. The van der Waals surface area contributed by atoms with Crippen LogP contribution in [0.4, 0.5) is 4.39 Å². The van der Waals surface area contributed by atoms with Crippen LogP contribution in [0.25, 0.3) is 0 Å². The van der Waals surface area contributed by atoms with Crippen LogP contribution in [0.3, 0.4) is 0 Å². The number of carbonyl (C=O) groups excluding carboxylic acids is 1. The molecule has 30 heavy (non-hydrogen) atoms. The molecule has 4 saturated heterocycles. The van der Waals surface area contributed by atoms with E-state index in [0.717, 1.165) is 32.4 Å². The van der Waals surface area contributed by atoms with Gasteiger partial charge in [-0.05, 0) is 50.4 Å². The van der Waals surface area contributed by atoms with Crippen molar-refractivity contribution in [3.8, 4) is 0 Å². The highest BCUT2D eigenvalue weighted by Gasteiger charge is 2.51. The number of nitrogens with one attached hydrogen (secondary N) is 4. The van der Waals surface area contributed by atoms with Crippen molar-refractivity contribution < 1.29 is 13.9 Å². The minimum atomic E-state index is -0.752. The first-order valence-corrected chi connectivity index (χ1v) is 11.8. The van der Waals surface area contributed by atoms with E-state index in [1.54, 1.807) is 0 Å². The Kier molecular flexibility index (Phi) is 6.03. The van der Waals surface area contributed by atoms with Gasteiger partial charge in [0.05, 0.1) is 12.1 Å². The summed E-state index contributed by atoms with van der Waals surface area (Å²) in [6.45, 7) is 2.31. The lowest BCUT2D eigenvalue weighted by Crippen LogP contribution is -2.61. The molecule has 5 fully saturated rings. The Bertz CT molecular complexity index is 641. The van der Waals surface area contributed by atoms with E-state index < -0.39 is 6.17 Å². The summed E-state index contributed by atoms with van der Waals surface area (Å²) in [5, 5.41) is 12.6. The molecule has 0 aromatic carbocycles. The highest BCUT2D eigenvalue weighted by Crippen LogP contribution is 2.43. The molecule has 7 unspecified atom stereocenters. The Morgan fingerprint density at radius 2 is 1.97 bits per heavy atom. The van der Waals surface area contributed by atoms with Gasteiger partial charge in [0.2, 0.25) is 5.91 Å². The molecule has 5 aliphatic rings. The van der Waals surface area contributed by atoms with E-state index in [4.69, 9.17) is 4.74 Å². The van der Waals surface area contributed by atoms with Gasteiger partial charge in [-0.15, -0.1) is 0 Å². The molecule has 4 heterocycles. The van der Waals surface area contributed by atoms with E-state index in [0.29, 0.717) is 37.8 Å². The summed E-state index contributed by atoms with van der Waals surface area (Å²) in [4.78, 5) is 14.7. The molecule has 170 valence electrons. The Labute approximate surface area is 178 Å². The van der Waals surface area contributed by atoms with E-state index in [1.165, 1.54) is 0 Å². The first kappa shape index (κ1) is 21.0. The largest absolute Gasteiger partial charge is 0.345 e. The highest BCUT2D eigenvalue weighted by molar-refractivity contribution is 5.82. The minimum Gasteiger partial charge on any atom is -0.345 e. The molecular weight excluding hydrogens is 387 g/mol. The third-order valence-corrected chi connectivity index (χ3v) is 8.06. The fourth-order valence-electron chi connectivity index (χ4n) is 6.64. The van der Waals surface area contributed by atoms with Gasteiger partial charge >= 0.3 is 0 Å². The van der Waals surface area contributed by atoms with Gasteiger partial charge in [0, 0.05) is 51.9 Å². The fourth-order valence-corrected chi connectivity index (χ4v) is 6.64. The zero-order chi connectivity index (χ0) is 20.8. The third-order valence-electron chi connectivity index (χ3n) is 8.06. The van der Waals surface area contributed by atoms with Crippen molar-refractivity contribution in [2.45, 2.75) is 81.3 Å². The second kappa shape index (κ2) is 8.60. The quantitative estimate of drug-likeness (QED) is 0.428. The van der Waals surface area contributed by atoms with Crippen LogP contribution in [0, 0.1) is 11.8 Å². The number of hydrazine groups is 1. The van der Waals surface area contributed by atoms with Crippen LogP contribution >= 0.6 is 0 Å². The van der Waals surface area contributed by atoms with E-state index in [-0.39, 0.29) is 42.4 Å². The summed E-state index contributed by atoms with van der Waals surface area (Å²) in [6, 6.07) is 0.643. The van der Waals surface area contributed by atoms with Crippen LogP contribution in [0.2, 0.25) is 0 Å². The van der Waals surface area contributed by atoms with E-state index >= 15 is 0 Å². The number of hydrogen-bond donors (Lipinski definition) is 4. The average Bonchev–Trinajstić information content (AvgIpc) is 3.30. The summed E-state index contributed by atoms with van der Waals surface area (Å²) in [7, 11) is 4.00. The first-order valence-electron chi connectivity index (χ1n) is 11.8. The van der Waals surface area contributed by atoms with Gasteiger partial charge in [-0.3, -0.25) is 20.9 Å². The number of likely N-dealkylation sites (N-methyl/N-ethyl adjacent to an activating group) is 1. The molecule has 0 aromatic rings. The number of nitrogens with zero attached hydrogens (tertiary/aromatic N) is 2. The Balaban J connectivity index is 1.40. The summed E-state index contributed by atoms with van der Waals surface area (Å²) in [6.07, 6.45) is 3.90. The molecule has 1 saturated carbocycles. The molecule has 4 N–H and O–H groups in total. The molecule has 9 heteroatoms. The number of carbonyl (C=O) groups is 1. The molecule has 0 spiro atoms. The van der Waals surface area contributed by atoms with Gasteiger partial charge < -0.3 is 15.0 Å². The fraction of sp³-hybridized carbons (Fsp3) is 0.952. The van der Waals surface area contributed by atoms with Crippen molar-refractivity contribution in [2.24, 2.45) is 11.8 Å². The first-order chi connectivity index (χ1) is 14.5. The molecule has 4 aliphatic heterocycles.